The van der Waals surface area contributed by atoms with Gasteiger partial charge in [-0.1, -0.05) is 6.92 Å². The number of anilines is 1. The lowest BCUT2D eigenvalue weighted by Crippen LogP contribution is -2.40. The number of nitrogen functional groups attached to an aromatic ring is 1. The lowest BCUT2D eigenvalue weighted by Gasteiger charge is -2.28. The molecule has 1 fully saturated rings. The van der Waals surface area contributed by atoms with E-state index in [0.29, 0.717) is 23.5 Å². The van der Waals surface area contributed by atoms with E-state index in [1.165, 1.54) is 0 Å². The van der Waals surface area contributed by atoms with Crippen molar-refractivity contribution in [2.24, 2.45) is 7.05 Å². The Balaban J connectivity index is 2.27. The molecule has 1 amide bonds. The van der Waals surface area contributed by atoms with Crippen LogP contribution in [0.2, 0.25) is 0 Å². The molecule has 2 atom stereocenters. The highest BCUT2D eigenvalue weighted by molar-refractivity contribution is 5.94. The third kappa shape index (κ3) is 2.04. The summed E-state index contributed by atoms with van der Waals surface area (Å²) in [5, 5.41) is 0. The average molecular weight is 235 g/mol. The number of aromatic nitrogens is 1. The van der Waals surface area contributed by atoms with Crippen molar-refractivity contribution in [3.05, 3.63) is 18.0 Å². The number of carbonyl (C=O) groups is 1. The van der Waals surface area contributed by atoms with Gasteiger partial charge in [0.2, 0.25) is 0 Å². The Morgan fingerprint density at radius 2 is 2.24 bits per heavy atom. The zero-order chi connectivity index (χ0) is 12.6. The molecule has 0 bridgehead atoms. The molecule has 17 heavy (non-hydrogen) atoms. The first-order valence-electron chi connectivity index (χ1n) is 6.29. The second-order valence-corrected chi connectivity index (χ2v) is 4.97. The quantitative estimate of drug-likeness (QED) is 0.852. The molecule has 1 aromatic rings. The number of hydrogen-bond acceptors (Lipinski definition) is 2. The normalized spacial score (nSPS) is 24.3. The molecule has 0 radical (unpaired) electrons. The van der Waals surface area contributed by atoms with E-state index in [-0.39, 0.29) is 5.91 Å². The van der Waals surface area contributed by atoms with Crippen LogP contribution >= 0.6 is 0 Å². The average Bonchev–Trinajstić information content (AvgIpc) is 2.80. The number of nitrogens with zero attached hydrogens (tertiary/aromatic N) is 2. The summed E-state index contributed by atoms with van der Waals surface area (Å²) in [5.74, 6) is 0.112. The molecule has 0 saturated carbocycles. The van der Waals surface area contributed by atoms with Gasteiger partial charge in [-0.05, 0) is 32.3 Å². The van der Waals surface area contributed by atoms with Crippen molar-refractivity contribution in [1.29, 1.82) is 0 Å². The maximum atomic E-state index is 12.5. The number of hydrogen-bond donors (Lipinski definition) is 1. The minimum atomic E-state index is 0.112. The van der Waals surface area contributed by atoms with Gasteiger partial charge in [0.05, 0.1) is 5.69 Å². The van der Waals surface area contributed by atoms with Crippen molar-refractivity contribution in [1.82, 2.24) is 9.47 Å². The van der Waals surface area contributed by atoms with Gasteiger partial charge in [0.25, 0.3) is 5.91 Å². The number of rotatable bonds is 2. The van der Waals surface area contributed by atoms with E-state index in [1.54, 1.807) is 12.3 Å². The zero-order valence-corrected chi connectivity index (χ0v) is 10.8. The fourth-order valence-corrected chi connectivity index (χ4v) is 2.77. The lowest BCUT2D eigenvalue weighted by molar-refractivity contribution is 0.0666. The first-order valence-corrected chi connectivity index (χ1v) is 6.29. The van der Waals surface area contributed by atoms with E-state index >= 15 is 0 Å². The van der Waals surface area contributed by atoms with Crippen molar-refractivity contribution < 1.29 is 4.79 Å². The molecule has 4 nitrogen and oxygen atoms in total. The molecule has 2 N–H and O–H groups in total. The van der Waals surface area contributed by atoms with Crippen LogP contribution in [-0.4, -0.2) is 27.5 Å². The molecule has 1 aromatic heterocycles. The predicted molar refractivity (Wildman–Crippen MR) is 68.8 cm³/mol. The summed E-state index contributed by atoms with van der Waals surface area (Å²) in [5.41, 5.74) is 7.06. The van der Waals surface area contributed by atoms with E-state index in [2.05, 4.69) is 13.8 Å². The minimum Gasteiger partial charge on any atom is -0.397 e. The number of aryl methyl sites for hydroxylation is 1. The fraction of sp³-hybridized carbons (Fsp3) is 0.615. The number of carbonyl (C=O) groups excluding carboxylic acids is 1. The van der Waals surface area contributed by atoms with E-state index < -0.39 is 0 Å². The van der Waals surface area contributed by atoms with Gasteiger partial charge in [0, 0.05) is 25.3 Å². The largest absolute Gasteiger partial charge is 0.397 e. The van der Waals surface area contributed by atoms with Crippen molar-refractivity contribution in [3.63, 3.8) is 0 Å². The van der Waals surface area contributed by atoms with Crippen LogP contribution in [0.25, 0.3) is 0 Å². The highest BCUT2D eigenvalue weighted by atomic mass is 16.2. The minimum absolute atomic E-state index is 0.112. The first-order chi connectivity index (χ1) is 8.04. The van der Waals surface area contributed by atoms with E-state index in [0.717, 1.165) is 19.3 Å². The highest BCUT2D eigenvalue weighted by Crippen LogP contribution is 2.28. The first kappa shape index (κ1) is 12.0. The molecule has 94 valence electrons. The molecular weight excluding hydrogens is 214 g/mol. The monoisotopic (exact) mass is 235 g/mol. The van der Waals surface area contributed by atoms with Crippen LogP contribution < -0.4 is 5.73 Å². The van der Waals surface area contributed by atoms with Crippen LogP contribution in [-0.2, 0) is 7.05 Å². The summed E-state index contributed by atoms with van der Waals surface area (Å²) in [6.07, 6.45) is 5.03. The molecule has 2 rings (SSSR count). The summed E-state index contributed by atoms with van der Waals surface area (Å²) in [6, 6.07) is 2.48. The zero-order valence-electron chi connectivity index (χ0n) is 10.8. The molecule has 2 heterocycles. The summed E-state index contributed by atoms with van der Waals surface area (Å²) in [7, 11) is 1.87. The van der Waals surface area contributed by atoms with Gasteiger partial charge in [0.15, 0.2) is 0 Å². The SMILES string of the molecule is CCC1CCC(C)N1C(=O)c1cc(N)cn1C. The van der Waals surface area contributed by atoms with Crippen LogP contribution in [0, 0.1) is 0 Å². The summed E-state index contributed by atoms with van der Waals surface area (Å²) < 4.78 is 1.81. The van der Waals surface area contributed by atoms with Gasteiger partial charge < -0.3 is 15.2 Å². The van der Waals surface area contributed by atoms with Gasteiger partial charge in [-0.25, -0.2) is 0 Å². The Bertz CT molecular complexity index is 424. The maximum absolute atomic E-state index is 12.5. The number of nitrogens with two attached hydrogens (primary N) is 1. The number of amides is 1. The smallest absolute Gasteiger partial charge is 0.271 e. The molecule has 4 heteroatoms. The molecule has 1 saturated heterocycles. The highest BCUT2D eigenvalue weighted by Gasteiger charge is 2.34. The van der Waals surface area contributed by atoms with Crippen LogP contribution in [0.1, 0.15) is 43.6 Å². The Morgan fingerprint density at radius 1 is 1.53 bits per heavy atom. The van der Waals surface area contributed by atoms with E-state index in [1.807, 2.05) is 16.5 Å². The van der Waals surface area contributed by atoms with Gasteiger partial charge >= 0.3 is 0 Å². The van der Waals surface area contributed by atoms with Crippen molar-refractivity contribution in [3.8, 4) is 0 Å². The maximum Gasteiger partial charge on any atom is 0.271 e. The standard InChI is InChI=1S/C13H21N3O/c1-4-11-6-5-9(2)16(11)13(17)12-7-10(14)8-15(12)3/h7-9,11H,4-6,14H2,1-3H3. The number of likely N-dealkylation sites (tertiary alicyclic amines) is 1. The molecule has 0 aliphatic carbocycles. The second kappa shape index (κ2) is 4.43. The van der Waals surface area contributed by atoms with Gasteiger partial charge in [0.1, 0.15) is 5.69 Å². The second-order valence-electron chi connectivity index (χ2n) is 4.97. The molecule has 0 aromatic carbocycles. The van der Waals surface area contributed by atoms with Crippen LogP contribution in [0.4, 0.5) is 5.69 Å². The Labute approximate surface area is 102 Å². The van der Waals surface area contributed by atoms with Crippen molar-refractivity contribution in [2.45, 2.75) is 45.2 Å². The predicted octanol–water partition coefficient (Wildman–Crippen LogP) is 2.01. The molecular formula is C13H21N3O. The van der Waals surface area contributed by atoms with E-state index in [4.69, 9.17) is 5.73 Å². The van der Waals surface area contributed by atoms with Crippen LogP contribution in [0.5, 0.6) is 0 Å². The summed E-state index contributed by atoms with van der Waals surface area (Å²) in [6.45, 7) is 4.27. The third-order valence-corrected chi connectivity index (χ3v) is 3.74. The van der Waals surface area contributed by atoms with Crippen LogP contribution in [0.15, 0.2) is 12.3 Å². The van der Waals surface area contributed by atoms with Crippen molar-refractivity contribution in [2.75, 3.05) is 5.73 Å². The van der Waals surface area contributed by atoms with Crippen molar-refractivity contribution >= 4 is 11.6 Å². The summed E-state index contributed by atoms with van der Waals surface area (Å²) in [4.78, 5) is 14.5. The topological polar surface area (TPSA) is 51.3 Å². The van der Waals surface area contributed by atoms with Gasteiger partial charge in [-0.15, -0.1) is 0 Å². The molecule has 1 aliphatic heterocycles. The van der Waals surface area contributed by atoms with Crippen LogP contribution in [0.3, 0.4) is 0 Å². The third-order valence-electron chi connectivity index (χ3n) is 3.74. The lowest BCUT2D eigenvalue weighted by atomic mass is 10.1. The Hall–Kier alpha value is -1.45. The Kier molecular flexibility index (Phi) is 3.13. The van der Waals surface area contributed by atoms with E-state index in [9.17, 15) is 4.79 Å². The molecule has 1 aliphatic rings. The summed E-state index contributed by atoms with van der Waals surface area (Å²) >= 11 is 0. The molecule has 0 spiro atoms. The Morgan fingerprint density at radius 3 is 2.76 bits per heavy atom. The van der Waals surface area contributed by atoms with Gasteiger partial charge in [-0.2, -0.15) is 0 Å². The fourth-order valence-electron chi connectivity index (χ4n) is 2.77. The van der Waals surface area contributed by atoms with Gasteiger partial charge in [-0.3, -0.25) is 4.79 Å². The molecule has 2 unspecified atom stereocenters.